The van der Waals surface area contributed by atoms with Crippen molar-refractivity contribution in [1.29, 1.82) is 0 Å². The third kappa shape index (κ3) is 11.2. The highest BCUT2D eigenvalue weighted by Crippen LogP contribution is 2.38. The van der Waals surface area contributed by atoms with Crippen LogP contribution in [-0.2, 0) is 0 Å². The van der Waals surface area contributed by atoms with Crippen LogP contribution in [0, 0.1) is 23.2 Å². The number of anilines is 6. The number of nitrogen functional groups attached to an aromatic ring is 3. The lowest BCUT2D eigenvalue weighted by Gasteiger charge is -2.37. The maximum atomic E-state index is 6.26. The van der Waals surface area contributed by atoms with Gasteiger partial charge in [0.25, 0.3) is 0 Å². The molecular formula is C50H64ClN13S2. The third-order valence-electron chi connectivity index (χ3n) is 13.3. The standard InChI is InChI=1S/C19H23N5.C16H22N4S.C15H19ClN4S/c1-19(2)7-10-24(11-8-19)15-12-22-17(18(20)23-15)14-5-3-4-13-6-9-21-16(13)14;1-11-4-5-13(21-11)12-10-18-15(19-14(12)17)20-8-6-16(2,3)7-9-20;1-15(2)5-7-20(8-6-15)14-18-9-10(13(17)19-14)11-3-4-12(16)21-11/h3-6,9,12,21H,7-8,10-11H2,1-2H3,(H2,20,23);4-5,10H,6-9H2,1-3H3,(H2,17,18,19);3-4,9H,5-8H2,1-2H3,(H2,17,18,19). The van der Waals surface area contributed by atoms with E-state index in [1.165, 1.54) is 29.1 Å². The Bertz CT molecular complexity index is 2630. The Morgan fingerprint density at radius 3 is 1.55 bits per heavy atom. The number of nitrogens with two attached hydrogens (primary N) is 3. The van der Waals surface area contributed by atoms with Crippen molar-refractivity contribution in [2.45, 2.75) is 87.0 Å². The zero-order chi connectivity index (χ0) is 46.8. The van der Waals surface area contributed by atoms with E-state index >= 15 is 0 Å². The minimum atomic E-state index is 0.412. The summed E-state index contributed by atoms with van der Waals surface area (Å²) in [6.07, 6.45) is 14.4. The fraction of sp³-hybridized carbons (Fsp3) is 0.440. The van der Waals surface area contributed by atoms with E-state index in [0.717, 1.165) is 130 Å². The molecule has 7 N–H and O–H groups in total. The Balaban J connectivity index is 0.000000135. The number of nitrogens with zero attached hydrogens (tertiary/aromatic N) is 9. The number of rotatable bonds is 6. The summed E-state index contributed by atoms with van der Waals surface area (Å²) in [4.78, 5) is 40.7. The van der Waals surface area contributed by atoms with Crippen molar-refractivity contribution < 1.29 is 0 Å². The van der Waals surface area contributed by atoms with Crippen LogP contribution in [0.3, 0.4) is 0 Å². The van der Waals surface area contributed by atoms with E-state index in [1.807, 2.05) is 48.9 Å². The lowest BCUT2D eigenvalue weighted by atomic mass is 9.83. The number of para-hydroxylation sites is 1. The number of aryl methyl sites for hydroxylation is 1. The van der Waals surface area contributed by atoms with Crippen LogP contribution < -0.4 is 31.9 Å². The fourth-order valence-corrected chi connectivity index (χ4v) is 10.4. The summed E-state index contributed by atoms with van der Waals surface area (Å²) >= 11 is 9.18. The average molecular weight is 947 g/mol. The number of thiophene rings is 2. The highest BCUT2D eigenvalue weighted by Gasteiger charge is 2.29. The van der Waals surface area contributed by atoms with Crippen molar-refractivity contribution in [3.8, 4) is 32.1 Å². The summed E-state index contributed by atoms with van der Waals surface area (Å²) < 4.78 is 0.742. The lowest BCUT2D eigenvalue weighted by molar-refractivity contribution is 0.278. The van der Waals surface area contributed by atoms with Crippen molar-refractivity contribution in [2.75, 3.05) is 71.2 Å². The molecule has 0 radical (unpaired) electrons. The molecule has 3 aliphatic rings. The molecule has 0 atom stereocenters. The zero-order valence-corrected chi connectivity index (χ0v) is 41.8. The maximum Gasteiger partial charge on any atom is 0.227 e. The first kappa shape index (κ1) is 47.0. The maximum absolute atomic E-state index is 6.26. The van der Waals surface area contributed by atoms with Crippen molar-refractivity contribution >= 4 is 80.3 Å². The quantitative estimate of drug-likeness (QED) is 0.124. The van der Waals surface area contributed by atoms with Crippen LogP contribution in [0.25, 0.3) is 43.0 Å². The van der Waals surface area contributed by atoms with Gasteiger partial charge in [-0.2, -0.15) is 9.97 Å². The van der Waals surface area contributed by atoms with Crippen molar-refractivity contribution in [1.82, 2.24) is 34.9 Å². The van der Waals surface area contributed by atoms with E-state index < -0.39 is 0 Å². The van der Waals surface area contributed by atoms with Crippen LogP contribution in [0.15, 0.2) is 73.3 Å². The number of aromatic amines is 1. The number of H-pyrrole nitrogens is 1. The molecule has 0 amide bonds. The second-order valence-corrected chi connectivity index (χ2v) is 23.1. The summed E-state index contributed by atoms with van der Waals surface area (Å²) in [5.41, 5.74) is 24.3. The summed E-state index contributed by atoms with van der Waals surface area (Å²) in [6, 6.07) is 16.2. The monoisotopic (exact) mass is 945 g/mol. The van der Waals surface area contributed by atoms with Gasteiger partial charge in [0.2, 0.25) is 11.9 Å². The number of hydrogen-bond acceptors (Lipinski definition) is 14. The van der Waals surface area contributed by atoms with Gasteiger partial charge >= 0.3 is 0 Å². The number of aromatic nitrogens is 7. The average Bonchev–Trinajstić information content (AvgIpc) is 4.06. The molecule has 0 aliphatic carbocycles. The summed E-state index contributed by atoms with van der Waals surface area (Å²) in [5.74, 6) is 3.95. The van der Waals surface area contributed by atoms with Gasteiger partial charge in [-0.3, -0.25) is 0 Å². The fourth-order valence-electron chi connectivity index (χ4n) is 8.49. The van der Waals surface area contributed by atoms with Gasteiger partial charge < -0.3 is 36.9 Å². The van der Waals surface area contributed by atoms with Gasteiger partial charge in [0.15, 0.2) is 5.82 Å². The third-order valence-corrected chi connectivity index (χ3v) is 15.6. The van der Waals surface area contributed by atoms with Crippen LogP contribution in [0.5, 0.6) is 0 Å². The molecule has 16 heteroatoms. The highest BCUT2D eigenvalue weighted by molar-refractivity contribution is 7.19. The second kappa shape index (κ2) is 19.4. The van der Waals surface area contributed by atoms with Gasteiger partial charge in [-0.15, -0.1) is 22.7 Å². The number of benzene rings is 1. The predicted octanol–water partition coefficient (Wildman–Crippen LogP) is 11.6. The predicted molar refractivity (Wildman–Crippen MR) is 279 cm³/mol. The van der Waals surface area contributed by atoms with Gasteiger partial charge in [-0.25, -0.2) is 19.9 Å². The lowest BCUT2D eigenvalue weighted by Crippen LogP contribution is -2.38. The Morgan fingerprint density at radius 1 is 0.561 bits per heavy atom. The number of halogens is 1. The molecule has 0 spiro atoms. The minimum Gasteiger partial charge on any atom is -0.383 e. The Morgan fingerprint density at radius 2 is 1.08 bits per heavy atom. The Labute approximate surface area is 402 Å². The van der Waals surface area contributed by atoms with E-state index in [1.54, 1.807) is 17.5 Å². The topological polar surface area (TPSA) is 181 Å². The zero-order valence-electron chi connectivity index (χ0n) is 39.4. The SMILES string of the molecule is CC1(C)CCN(c2cnc(-c3cccc4cc[nH]c34)c(N)n2)CC1.CC1(C)CCN(c2ncc(-c3ccc(Cl)s3)c(N)n2)CC1.Cc1ccc(-c2cnc(N3CCC(C)(C)CC3)nc2N)s1. The molecule has 13 nitrogen and oxygen atoms in total. The summed E-state index contributed by atoms with van der Waals surface area (Å²) in [6.45, 7) is 22.0. The second-order valence-electron chi connectivity index (χ2n) is 20.1. The summed E-state index contributed by atoms with van der Waals surface area (Å²) in [5, 5.41) is 1.15. The van der Waals surface area contributed by atoms with Crippen molar-refractivity contribution in [3.63, 3.8) is 0 Å². The number of nitrogens with one attached hydrogen (secondary N) is 1. The molecular weight excluding hydrogens is 882 g/mol. The molecule has 0 saturated carbocycles. The van der Waals surface area contributed by atoms with E-state index in [-0.39, 0.29) is 0 Å². The van der Waals surface area contributed by atoms with E-state index in [4.69, 9.17) is 28.8 Å². The van der Waals surface area contributed by atoms with E-state index in [2.05, 4.69) is 116 Å². The largest absolute Gasteiger partial charge is 0.383 e. The first-order chi connectivity index (χ1) is 31.4. The van der Waals surface area contributed by atoms with Crippen LogP contribution in [0.2, 0.25) is 4.34 Å². The summed E-state index contributed by atoms with van der Waals surface area (Å²) in [7, 11) is 0. The van der Waals surface area contributed by atoms with E-state index in [9.17, 15) is 0 Å². The van der Waals surface area contributed by atoms with Crippen molar-refractivity contribution in [3.05, 3.63) is 82.5 Å². The van der Waals surface area contributed by atoms with Crippen molar-refractivity contribution in [2.24, 2.45) is 16.2 Å². The molecule has 0 bridgehead atoms. The normalized spacial score (nSPS) is 17.7. The molecule has 7 aromatic rings. The van der Waals surface area contributed by atoms with Crippen LogP contribution in [0.4, 0.5) is 35.2 Å². The molecule has 66 heavy (non-hydrogen) atoms. The first-order valence-electron chi connectivity index (χ1n) is 22.9. The van der Waals surface area contributed by atoms with Crippen LogP contribution in [-0.4, -0.2) is 74.2 Å². The molecule has 348 valence electrons. The molecule has 10 rings (SSSR count). The van der Waals surface area contributed by atoms with Crippen LogP contribution in [0.1, 0.15) is 84.9 Å². The smallest absolute Gasteiger partial charge is 0.227 e. The van der Waals surface area contributed by atoms with E-state index in [0.29, 0.717) is 33.7 Å². The number of fused-ring (bicyclic) bond motifs is 1. The van der Waals surface area contributed by atoms with Gasteiger partial charge in [0.05, 0.1) is 27.2 Å². The molecule has 6 aromatic heterocycles. The van der Waals surface area contributed by atoms with Gasteiger partial charge in [-0.05, 0) is 92.0 Å². The molecule has 9 heterocycles. The minimum absolute atomic E-state index is 0.412. The highest BCUT2D eigenvalue weighted by atomic mass is 35.5. The number of hydrogen-bond donors (Lipinski definition) is 4. The molecule has 3 saturated heterocycles. The molecule has 3 fully saturated rings. The Kier molecular flexibility index (Phi) is 13.8. The molecule has 1 aromatic carbocycles. The molecule has 0 unspecified atom stereocenters. The van der Waals surface area contributed by atoms with Crippen LogP contribution >= 0.6 is 34.3 Å². The number of piperidine rings is 3. The van der Waals surface area contributed by atoms with Gasteiger partial charge in [0.1, 0.15) is 23.1 Å². The van der Waals surface area contributed by atoms with Gasteiger partial charge in [-0.1, -0.05) is 71.3 Å². The first-order valence-corrected chi connectivity index (χ1v) is 25.0. The van der Waals surface area contributed by atoms with Gasteiger partial charge in [0, 0.05) is 83.4 Å². The Hall–Kier alpha value is -5.51. The molecule has 3 aliphatic heterocycles.